The van der Waals surface area contributed by atoms with Gasteiger partial charge in [-0.05, 0) is 45.5 Å². The summed E-state index contributed by atoms with van der Waals surface area (Å²) < 4.78 is 0. The predicted octanol–water partition coefficient (Wildman–Crippen LogP) is 7.14. The minimum Gasteiger partial charge on any atom is -0.507 e. The summed E-state index contributed by atoms with van der Waals surface area (Å²) in [5.41, 5.74) is 8.95. The standard InChI is InChI=1S/C30H18O4/c31-23-13-21(29(33)27-19-7-3-1-5-17(19)25(23)27)15-9-11-16(12-10-15)22-14-24(32)26-18-6-2-4-8-20(18)28(26)30(22)34/h1-14,31-34H. The predicted molar refractivity (Wildman–Crippen MR) is 133 cm³/mol. The Balaban J connectivity index is 1.30. The van der Waals surface area contributed by atoms with Gasteiger partial charge in [0.2, 0.25) is 0 Å². The molecule has 0 fully saturated rings. The van der Waals surface area contributed by atoms with Crippen molar-refractivity contribution in [2.45, 2.75) is 0 Å². The molecule has 4 heteroatoms. The van der Waals surface area contributed by atoms with Crippen molar-refractivity contribution in [3.8, 4) is 89.8 Å². The molecule has 0 heterocycles. The topological polar surface area (TPSA) is 80.9 Å². The summed E-state index contributed by atoms with van der Waals surface area (Å²) in [6.45, 7) is 0. The third-order valence-electron chi connectivity index (χ3n) is 7.00. The van der Waals surface area contributed by atoms with E-state index in [2.05, 4.69) is 0 Å². The molecular formula is C30H18O4. The lowest BCUT2D eigenvalue weighted by molar-refractivity contribution is 0.464. The van der Waals surface area contributed by atoms with Gasteiger partial charge in [0, 0.05) is 33.4 Å². The fourth-order valence-electron chi connectivity index (χ4n) is 5.37. The average molecular weight is 442 g/mol. The Morgan fingerprint density at radius 3 is 1.03 bits per heavy atom. The largest absolute Gasteiger partial charge is 0.507 e. The molecule has 4 nitrogen and oxygen atoms in total. The summed E-state index contributed by atoms with van der Waals surface area (Å²) in [6.07, 6.45) is 0. The van der Waals surface area contributed by atoms with Gasteiger partial charge in [0.05, 0.1) is 0 Å². The molecule has 2 aliphatic carbocycles. The van der Waals surface area contributed by atoms with Gasteiger partial charge in [-0.1, -0.05) is 72.8 Å². The van der Waals surface area contributed by atoms with Gasteiger partial charge in [0.25, 0.3) is 0 Å². The van der Waals surface area contributed by atoms with E-state index in [0.29, 0.717) is 33.4 Å². The van der Waals surface area contributed by atoms with Gasteiger partial charge in [0.15, 0.2) is 0 Å². The van der Waals surface area contributed by atoms with Crippen molar-refractivity contribution in [2.75, 3.05) is 0 Å². The van der Waals surface area contributed by atoms with Crippen LogP contribution in [0.25, 0.3) is 66.8 Å². The molecule has 162 valence electrons. The summed E-state index contributed by atoms with van der Waals surface area (Å²) in [5.74, 6) is 0.540. The Morgan fingerprint density at radius 1 is 0.353 bits per heavy atom. The molecule has 0 amide bonds. The highest BCUT2D eigenvalue weighted by molar-refractivity contribution is 6.11. The van der Waals surface area contributed by atoms with Gasteiger partial charge in [-0.25, -0.2) is 0 Å². The van der Waals surface area contributed by atoms with Crippen LogP contribution in [-0.4, -0.2) is 20.4 Å². The van der Waals surface area contributed by atoms with Crippen molar-refractivity contribution in [3.05, 3.63) is 84.9 Å². The zero-order valence-corrected chi connectivity index (χ0v) is 17.9. The molecule has 34 heavy (non-hydrogen) atoms. The molecule has 2 aliphatic rings. The average Bonchev–Trinajstić information content (AvgIpc) is 2.82. The zero-order valence-electron chi connectivity index (χ0n) is 17.9. The summed E-state index contributed by atoms with van der Waals surface area (Å²) in [4.78, 5) is 0. The molecule has 7 rings (SSSR count). The number of hydrogen-bond donors (Lipinski definition) is 4. The van der Waals surface area contributed by atoms with Crippen LogP contribution in [0.1, 0.15) is 0 Å². The Morgan fingerprint density at radius 2 is 0.676 bits per heavy atom. The van der Waals surface area contributed by atoms with Gasteiger partial charge < -0.3 is 20.4 Å². The van der Waals surface area contributed by atoms with E-state index in [-0.39, 0.29) is 23.0 Å². The normalized spacial score (nSPS) is 12.0. The monoisotopic (exact) mass is 442 g/mol. The highest BCUT2D eigenvalue weighted by Crippen LogP contribution is 2.59. The van der Waals surface area contributed by atoms with E-state index in [0.717, 1.165) is 33.4 Å². The summed E-state index contributed by atoms with van der Waals surface area (Å²) >= 11 is 0. The second-order valence-corrected chi connectivity index (χ2v) is 8.75. The molecule has 5 aromatic rings. The third kappa shape index (κ3) is 2.27. The van der Waals surface area contributed by atoms with Gasteiger partial charge in [-0.15, -0.1) is 0 Å². The Labute approximate surface area is 195 Å². The first-order valence-corrected chi connectivity index (χ1v) is 11.0. The smallest absolute Gasteiger partial charge is 0.132 e. The maximum absolute atomic E-state index is 11.0. The van der Waals surface area contributed by atoms with Crippen LogP contribution in [0.4, 0.5) is 0 Å². The number of phenols is 4. The first kappa shape index (κ1) is 18.8. The van der Waals surface area contributed by atoms with E-state index in [1.165, 1.54) is 0 Å². The van der Waals surface area contributed by atoms with Crippen LogP contribution in [0.15, 0.2) is 84.9 Å². The first-order valence-electron chi connectivity index (χ1n) is 11.0. The Bertz CT molecular complexity index is 1550. The minimum absolute atomic E-state index is 0.134. The highest BCUT2D eigenvalue weighted by atomic mass is 16.3. The van der Waals surface area contributed by atoms with E-state index in [1.54, 1.807) is 12.1 Å². The molecule has 0 unspecified atom stereocenters. The maximum Gasteiger partial charge on any atom is 0.132 e. The van der Waals surface area contributed by atoms with E-state index in [9.17, 15) is 20.4 Å². The number of hydrogen-bond acceptors (Lipinski definition) is 4. The number of benzene rings is 5. The number of fused-ring (bicyclic) bond motifs is 8. The van der Waals surface area contributed by atoms with E-state index in [1.807, 2.05) is 72.8 Å². The van der Waals surface area contributed by atoms with Crippen LogP contribution in [-0.2, 0) is 0 Å². The van der Waals surface area contributed by atoms with E-state index < -0.39 is 0 Å². The van der Waals surface area contributed by atoms with Gasteiger partial charge in [-0.3, -0.25) is 0 Å². The van der Waals surface area contributed by atoms with Crippen molar-refractivity contribution in [1.82, 2.24) is 0 Å². The molecular weight excluding hydrogens is 424 g/mol. The third-order valence-corrected chi connectivity index (χ3v) is 7.00. The Kier molecular flexibility index (Phi) is 3.56. The van der Waals surface area contributed by atoms with Crippen LogP contribution < -0.4 is 0 Å². The van der Waals surface area contributed by atoms with Crippen molar-refractivity contribution in [1.29, 1.82) is 0 Å². The second kappa shape index (κ2) is 6.42. The summed E-state index contributed by atoms with van der Waals surface area (Å²) in [7, 11) is 0. The molecule has 0 bridgehead atoms. The van der Waals surface area contributed by atoms with Gasteiger partial charge in [0.1, 0.15) is 23.0 Å². The molecule has 0 aliphatic heterocycles. The van der Waals surface area contributed by atoms with Crippen molar-refractivity contribution in [2.24, 2.45) is 0 Å². The molecule has 0 saturated heterocycles. The van der Waals surface area contributed by atoms with Gasteiger partial charge >= 0.3 is 0 Å². The maximum atomic E-state index is 11.0. The highest BCUT2D eigenvalue weighted by Gasteiger charge is 2.32. The fourth-order valence-corrected chi connectivity index (χ4v) is 5.37. The van der Waals surface area contributed by atoms with Gasteiger partial charge in [-0.2, -0.15) is 0 Å². The van der Waals surface area contributed by atoms with Crippen molar-refractivity contribution < 1.29 is 20.4 Å². The van der Waals surface area contributed by atoms with Crippen LogP contribution >= 0.6 is 0 Å². The molecule has 0 radical (unpaired) electrons. The number of phenolic OH excluding ortho intramolecular Hbond substituents is 4. The second-order valence-electron chi connectivity index (χ2n) is 8.75. The lowest BCUT2D eigenvalue weighted by Crippen LogP contribution is -2.01. The molecule has 0 aromatic heterocycles. The first-order chi connectivity index (χ1) is 16.5. The van der Waals surface area contributed by atoms with Crippen LogP contribution in [0, 0.1) is 0 Å². The van der Waals surface area contributed by atoms with Crippen LogP contribution in [0.5, 0.6) is 23.0 Å². The summed E-state index contributed by atoms with van der Waals surface area (Å²) in [5, 5.41) is 43.3. The molecule has 4 N–H and O–H groups in total. The van der Waals surface area contributed by atoms with Crippen molar-refractivity contribution in [3.63, 3.8) is 0 Å². The van der Waals surface area contributed by atoms with Crippen LogP contribution in [0.3, 0.4) is 0 Å². The lowest BCUT2D eigenvalue weighted by Gasteiger charge is -2.27. The molecule has 0 saturated carbocycles. The zero-order chi connectivity index (χ0) is 23.1. The Hall–Kier alpha value is -4.70. The minimum atomic E-state index is 0.134. The number of aromatic hydroxyl groups is 4. The van der Waals surface area contributed by atoms with Crippen LogP contribution in [0.2, 0.25) is 0 Å². The SMILES string of the molecule is Oc1cc(-c2ccc(-c3cc(O)c4c(c3O)-c3ccccc3-4)cc2)c(O)c2c1-c1ccccc1-2. The molecule has 5 aromatic carbocycles. The van der Waals surface area contributed by atoms with E-state index in [4.69, 9.17) is 0 Å². The number of rotatable bonds is 2. The van der Waals surface area contributed by atoms with E-state index >= 15 is 0 Å². The quantitative estimate of drug-likeness (QED) is 0.215. The van der Waals surface area contributed by atoms with Crippen molar-refractivity contribution >= 4 is 0 Å². The fraction of sp³-hybridized carbons (Fsp3) is 0. The molecule has 0 atom stereocenters. The summed E-state index contributed by atoms with van der Waals surface area (Å²) in [6, 6.07) is 25.9. The lowest BCUT2D eigenvalue weighted by atomic mass is 9.77. The molecule has 0 spiro atoms.